The van der Waals surface area contributed by atoms with Crippen molar-refractivity contribution in [1.29, 1.82) is 0 Å². The van der Waals surface area contributed by atoms with Gasteiger partial charge in [-0.25, -0.2) is 4.68 Å². The van der Waals surface area contributed by atoms with Crippen LogP contribution in [0.25, 0.3) is 22.2 Å². The monoisotopic (exact) mass is 911 g/mol. The first-order chi connectivity index (χ1) is 30.9. The molecule has 4 N–H and O–H groups in total. The summed E-state index contributed by atoms with van der Waals surface area (Å²) in [5, 5.41) is 18.4. The molecule has 0 atom stereocenters. The molecule has 0 spiro atoms. The number of hydrogen-bond acceptors (Lipinski definition) is 12. The molecule has 0 saturated carbocycles. The van der Waals surface area contributed by atoms with Crippen molar-refractivity contribution in [1.82, 2.24) is 45.7 Å². The highest BCUT2D eigenvalue weighted by atomic mass is 32.1. The van der Waals surface area contributed by atoms with Crippen LogP contribution in [0.1, 0.15) is 93.0 Å². The number of H-pyrrole nitrogens is 1. The molecular weight excluding hydrogens is 851 g/mol. The SMILES string of the molecule is COc1ccc(-c2ccc(CNC(=O)CC(C)(C)OCCC(C)(C)n3cc(CNCC(C)(C)NC(=O)CCS)nn3)o2)c2[nH]cc(C(=O)C(=O)N3CCN(C(=O)c4ccccc4)CC3)c12. The number of methoxy groups -OCH3 is 1. The molecule has 1 saturated heterocycles. The molecule has 1 aliphatic rings. The minimum absolute atomic E-state index is 0.0358. The molecule has 1 fully saturated rings. The maximum atomic E-state index is 13.7. The molecule has 3 aromatic heterocycles. The van der Waals surface area contributed by atoms with E-state index in [1.54, 1.807) is 53.4 Å². The molecule has 348 valence electrons. The van der Waals surface area contributed by atoms with Crippen molar-refractivity contribution in [3.63, 3.8) is 0 Å². The first-order valence-electron chi connectivity index (χ1n) is 21.8. The predicted octanol–water partition coefficient (Wildman–Crippen LogP) is 5.13. The van der Waals surface area contributed by atoms with Gasteiger partial charge in [0, 0.05) is 75.2 Å². The number of furan rings is 1. The van der Waals surface area contributed by atoms with Gasteiger partial charge in [-0.2, -0.15) is 12.6 Å². The Hall–Kier alpha value is -5.98. The Bertz CT molecular complexity index is 2470. The molecule has 4 amide bonds. The molecule has 6 rings (SSSR count). The van der Waals surface area contributed by atoms with E-state index in [2.05, 4.69) is 57.7 Å². The van der Waals surface area contributed by atoms with Crippen LogP contribution in [-0.2, 0) is 37.7 Å². The number of ether oxygens (including phenoxy) is 2. The average molecular weight is 912 g/mol. The molecule has 18 heteroatoms. The van der Waals surface area contributed by atoms with Gasteiger partial charge < -0.3 is 44.6 Å². The molecule has 2 aromatic carbocycles. The van der Waals surface area contributed by atoms with E-state index in [1.807, 2.05) is 44.6 Å². The van der Waals surface area contributed by atoms with Crippen LogP contribution in [0.4, 0.5) is 0 Å². The van der Waals surface area contributed by atoms with E-state index < -0.39 is 28.4 Å². The number of aromatic nitrogens is 4. The number of aromatic amines is 1. The zero-order valence-corrected chi connectivity index (χ0v) is 39.2. The number of carbonyl (C=O) groups excluding carboxylic acids is 5. The second-order valence-electron chi connectivity index (χ2n) is 18.1. The Labute approximate surface area is 384 Å². The Balaban J connectivity index is 0.980. The van der Waals surface area contributed by atoms with E-state index in [1.165, 1.54) is 18.2 Å². The molecular formula is C47H61N9O8S. The molecule has 0 unspecified atom stereocenters. The standard InChI is InChI=1S/C47H61N9O8S/c1-45(2,51-38(57)17-24-65)30-48-26-32-29-56(53-52-32)46(3,4)18-23-63-47(5,6)25-39(58)49-27-33-13-15-36(64-33)34-14-16-37(62-7)40-35(28-50-41(34)40)42(59)44(61)55-21-19-54(20-22-55)43(60)31-11-9-8-10-12-31/h8-16,28-29,48,50,65H,17-27,30H2,1-7H3,(H,49,58)(H,51,57). The number of nitrogens with zero attached hydrogens (tertiary/aromatic N) is 5. The summed E-state index contributed by atoms with van der Waals surface area (Å²) in [5.41, 5.74) is 1.11. The number of thiol groups is 1. The number of amides is 4. The lowest BCUT2D eigenvalue weighted by molar-refractivity contribution is -0.128. The van der Waals surface area contributed by atoms with Gasteiger partial charge in [0.2, 0.25) is 11.8 Å². The summed E-state index contributed by atoms with van der Waals surface area (Å²) in [6.45, 7) is 14.4. The van der Waals surface area contributed by atoms with E-state index in [0.717, 1.165) is 5.69 Å². The lowest BCUT2D eigenvalue weighted by atomic mass is 10.0. The Morgan fingerprint density at radius 3 is 2.32 bits per heavy atom. The predicted molar refractivity (Wildman–Crippen MR) is 249 cm³/mol. The van der Waals surface area contributed by atoms with Gasteiger partial charge >= 0.3 is 0 Å². The van der Waals surface area contributed by atoms with E-state index in [-0.39, 0.29) is 49.3 Å². The van der Waals surface area contributed by atoms with Crippen LogP contribution in [-0.4, -0.2) is 123 Å². The van der Waals surface area contributed by atoms with Gasteiger partial charge in [-0.05, 0) is 90.1 Å². The molecule has 4 heterocycles. The summed E-state index contributed by atoms with van der Waals surface area (Å²) in [6.07, 6.45) is 4.51. The second-order valence-corrected chi connectivity index (χ2v) is 18.5. The zero-order chi connectivity index (χ0) is 46.9. The number of ketones is 1. The third-order valence-electron chi connectivity index (χ3n) is 11.4. The minimum Gasteiger partial charge on any atom is -0.496 e. The van der Waals surface area contributed by atoms with Gasteiger partial charge in [0.25, 0.3) is 17.6 Å². The molecule has 65 heavy (non-hydrogen) atoms. The molecule has 0 bridgehead atoms. The average Bonchev–Trinajstić information content (AvgIpc) is 4.06. The lowest BCUT2D eigenvalue weighted by Gasteiger charge is -2.34. The van der Waals surface area contributed by atoms with Crippen LogP contribution in [0.5, 0.6) is 5.75 Å². The topological polar surface area (TPSA) is 206 Å². The van der Waals surface area contributed by atoms with Crippen LogP contribution in [0.15, 0.2) is 71.4 Å². The maximum absolute atomic E-state index is 13.7. The van der Waals surface area contributed by atoms with Crippen LogP contribution in [0.2, 0.25) is 0 Å². The first kappa shape index (κ1) is 48.5. The number of nitrogens with one attached hydrogen (secondary N) is 4. The largest absolute Gasteiger partial charge is 0.496 e. The zero-order valence-electron chi connectivity index (χ0n) is 38.3. The highest BCUT2D eigenvalue weighted by Gasteiger charge is 2.32. The third-order valence-corrected chi connectivity index (χ3v) is 11.6. The van der Waals surface area contributed by atoms with Crippen molar-refractivity contribution in [3.05, 3.63) is 89.6 Å². The van der Waals surface area contributed by atoms with Gasteiger partial charge in [0.05, 0.1) is 59.6 Å². The maximum Gasteiger partial charge on any atom is 0.295 e. The fraction of sp³-hybridized carbons (Fsp3) is 0.468. The second kappa shape index (κ2) is 20.9. The number of carbonyl (C=O) groups is 5. The minimum atomic E-state index is -0.754. The van der Waals surface area contributed by atoms with E-state index in [9.17, 15) is 24.0 Å². The van der Waals surface area contributed by atoms with Crippen LogP contribution in [0, 0.1) is 0 Å². The Morgan fingerprint density at radius 2 is 1.62 bits per heavy atom. The van der Waals surface area contributed by atoms with Crippen molar-refractivity contribution >= 4 is 52.9 Å². The van der Waals surface area contributed by atoms with Gasteiger partial charge in [0.1, 0.15) is 17.3 Å². The highest BCUT2D eigenvalue weighted by molar-refractivity contribution is 7.80. The summed E-state index contributed by atoms with van der Waals surface area (Å²) in [7, 11) is 1.50. The van der Waals surface area contributed by atoms with E-state index in [0.29, 0.717) is 90.7 Å². The van der Waals surface area contributed by atoms with Crippen molar-refractivity contribution in [2.24, 2.45) is 0 Å². The van der Waals surface area contributed by atoms with Gasteiger partial charge in [-0.15, -0.1) is 5.10 Å². The lowest BCUT2D eigenvalue weighted by Crippen LogP contribution is -2.52. The quantitative estimate of drug-likeness (QED) is 0.0371. The third kappa shape index (κ3) is 12.4. The van der Waals surface area contributed by atoms with Crippen LogP contribution < -0.4 is 20.7 Å². The molecule has 0 aliphatic carbocycles. The fourth-order valence-corrected chi connectivity index (χ4v) is 7.87. The van der Waals surface area contributed by atoms with Gasteiger partial charge in [-0.3, -0.25) is 24.0 Å². The summed E-state index contributed by atoms with van der Waals surface area (Å²) >= 11 is 4.12. The first-order valence-corrected chi connectivity index (χ1v) is 22.4. The number of Topliss-reactive ketones (excluding diaryl/α,β-unsaturated/α-hetero) is 1. The number of piperazine rings is 1. The molecule has 5 aromatic rings. The Kier molecular flexibility index (Phi) is 15.6. The molecule has 1 aliphatic heterocycles. The summed E-state index contributed by atoms with van der Waals surface area (Å²) in [5.74, 6) is 0.212. The Morgan fingerprint density at radius 1 is 0.892 bits per heavy atom. The number of rotatable bonds is 21. The number of fused-ring (bicyclic) bond motifs is 1. The van der Waals surface area contributed by atoms with Gasteiger partial charge in [0.15, 0.2) is 0 Å². The summed E-state index contributed by atoms with van der Waals surface area (Å²) in [4.78, 5) is 71.6. The highest BCUT2D eigenvalue weighted by Crippen LogP contribution is 2.37. The summed E-state index contributed by atoms with van der Waals surface area (Å²) < 4.78 is 19.8. The van der Waals surface area contributed by atoms with Crippen molar-refractivity contribution in [2.75, 3.05) is 52.2 Å². The summed E-state index contributed by atoms with van der Waals surface area (Å²) in [6, 6.07) is 16.0. The number of benzene rings is 2. The van der Waals surface area contributed by atoms with Crippen molar-refractivity contribution in [2.45, 2.75) is 90.6 Å². The fourth-order valence-electron chi connectivity index (χ4n) is 7.67. The van der Waals surface area contributed by atoms with E-state index in [4.69, 9.17) is 13.9 Å². The number of hydrogen-bond donors (Lipinski definition) is 5. The van der Waals surface area contributed by atoms with Crippen molar-refractivity contribution < 1.29 is 37.9 Å². The van der Waals surface area contributed by atoms with Gasteiger partial charge in [-0.1, -0.05) is 23.4 Å². The molecule has 17 nitrogen and oxygen atoms in total. The van der Waals surface area contributed by atoms with Crippen LogP contribution >= 0.6 is 12.6 Å². The smallest absolute Gasteiger partial charge is 0.295 e. The normalized spacial score (nSPS) is 13.5. The molecule has 0 radical (unpaired) electrons. The van der Waals surface area contributed by atoms with Crippen LogP contribution in [0.3, 0.4) is 0 Å². The van der Waals surface area contributed by atoms with E-state index >= 15 is 0 Å². The van der Waals surface area contributed by atoms with Crippen molar-refractivity contribution in [3.8, 4) is 17.1 Å².